The highest BCUT2D eigenvalue weighted by atomic mass is 16.6. The van der Waals surface area contributed by atoms with Crippen LogP contribution in [0.4, 0.5) is 0 Å². The number of rotatable bonds is 5. The van der Waals surface area contributed by atoms with Crippen molar-refractivity contribution in [3.05, 3.63) is 59.7 Å². The van der Waals surface area contributed by atoms with Gasteiger partial charge in [-0.1, -0.05) is 44.2 Å². The van der Waals surface area contributed by atoms with Crippen LogP contribution >= 0.6 is 0 Å². The van der Waals surface area contributed by atoms with Crippen molar-refractivity contribution in [1.29, 1.82) is 0 Å². The number of carbonyl (C=O) groups is 2. The molecule has 1 heterocycles. The molecular weight excluding hydrogens is 332 g/mol. The number of hydrogen-bond acceptors (Lipinski definition) is 5. The van der Waals surface area contributed by atoms with Crippen molar-refractivity contribution < 1.29 is 23.8 Å². The molecule has 0 bridgehead atoms. The Morgan fingerprint density at radius 2 is 1.50 bits per heavy atom. The second kappa shape index (κ2) is 6.92. The summed E-state index contributed by atoms with van der Waals surface area (Å²) >= 11 is 0. The van der Waals surface area contributed by atoms with Crippen molar-refractivity contribution in [3.63, 3.8) is 0 Å². The normalized spacial score (nSPS) is 21.3. The molecule has 2 aromatic carbocycles. The minimum atomic E-state index is -0.455. The zero-order valence-electron chi connectivity index (χ0n) is 15.3. The summed E-state index contributed by atoms with van der Waals surface area (Å²) in [5.41, 5.74) is 1.44. The van der Waals surface area contributed by atoms with Gasteiger partial charge in [-0.15, -0.1) is 0 Å². The van der Waals surface area contributed by atoms with E-state index in [1.807, 2.05) is 30.3 Å². The van der Waals surface area contributed by atoms with Gasteiger partial charge in [0, 0.05) is 19.9 Å². The first kappa shape index (κ1) is 18.1. The van der Waals surface area contributed by atoms with Crippen molar-refractivity contribution in [3.8, 4) is 11.5 Å². The molecule has 5 heteroatoms. The predicted octanol–water partition coefficient (Wildman–Crippen LogP) is 4.16. The first-order chi connectivity index (χ1) is 12.3. The molecule has 2 aromatic rings. The topological polar surface area (TPSA) is 65.1 Å². The van der Waals surface area contributed by atoms with Gasteiger partial charge in [0.1, 0.15) is 23.2 Å². The molecule has 0 saturated carbocycles. The summed E-state index contributed by atoms with van der Waals surface area (Å²) in [5.74, 6) is 0.000961. The summed E-state index contributed by atoms with van der Waals surface area (Å²) in [6, 6.07) is 15.1. The molecule has 1 fully saturated rings. The lowest BCUT2D eigenvalue weighted by Gasteiger charge is -2.18. The molecule has 26 heavy (non-hydrogen) atoms. The number of hydrogen-bond donors (Lipinski definition) is 0. The van der Waals surface area contributed by atoms with E-state index in [0.717, 1.165) is 11.1 Å². The quantitative estimate of drug-likeness (QED) is 0.458. The Kier molecular flexibility index (Phi) is 4.83. The summed E-state index contributed by atoms with van der Waals surface area (Å²) in [4.78, 5) is 22.7. The van der Waals surface area contributed by atoms with Crippen molar-refractivity contribution >= 4 is 11.9 Å². The van der Waals surface area contributed by atoms with Crippen molar-refractivity contribution in [2.24, 2.45) is 5.92 Å². The minimum Gasteiger partial charge on any atom is -0.427 e. The average Bonchev–Trinajstić information content (AvgIpc) is 3.31. The average molecular weight is 354 g/mol. The van der Waals surface area contributed by atoms with E-state index in [-0.39, 0.29) is 12.0 Å². The fourth-order valence-corrected chi connectivity index (χ4v) is 3.36. The van der Waals surface area contributed by atoms with Crippen molar-refractivity contribution in [1.82, 2.24) is 0 Å². The smallest absolute Gasteiger partial charge is 0.308 e. The van der Waals surface area contributed by atoms with Crippen LogP contribution in [0.1, 0.15) is 44.9 Å². The molecule has 0 unspecified atom stereocenters. The second-order valence-electron chi connectivity index (χ2n) is 6.74. The molecule has 0 aliphatic carbocycles. The highest BCUT2D eigenvalue weighted by molar-refractivity contribution is 5.71. The van der Waals surface area contributed by atoms with E-state index >= 15 is 0 Å². The Bertz CT molecular complexity index is 793. The maximum absolute atomic E-state index is 11.3. The molecule has 2 atom stereocenters. The summed E-state index contributed by atoms with van der Waals surface area (Å²) in [6.45, 7) is 6.87. The number of carbonyl (C=O) groups excluding carboxylic acids is 2. The lowest BCUT2D eigenvalue weighted by molar-refractivity contribution is -0.132. The molecule has 5 nitrogen and oxygen atoms in total. The number of ether oxygens (including phenoxy) is 3. The van der Waals surface area contributed by atoms with E-state index in [9.17, 15) is 9.59 Å². The van der Waals surface area contributed by atoms with Gasteiger partial charge in [-0.3, -0.25) is 9.59 Å². The molecule has 1 aliphatic heterocycles. The van der Waals surface area contributed by atoms with Crippen LogP contribution in [-0.4, -0.2) is 11.9 Å². The molecule has 1 aliphatic rings. The second-order valence-corrected chi connectivity index (χ2v) is 6.74. The number of benzene rings is 2. The zero-order chi connectivity index (χ0) is 18.9. The molecule has 0 spiro atoms. The SMILES string of the molecule is CC(=O)Oc1cc(OC(C)=O)cc([C@H]2O[C@@]2(c2ccccc2)C(C)C)c1. The summed E-state index contributed by atoms with van der Waals surface area (Å²) in [7, 11) is 0. The van der Waals surface area contributed by atoms with Crippen LogP contribution in [0.15, 0.2) is 48.5 Å². The van der Waals surface area contributed by atoms with Gasteiger partial charge in [-0.05, 0) is 29.2 Å². The third kappa shape index (κ3) is 3.48. The maximum atomic E-state index is 11.3. The van der Waals surface area contributed by atoms with Crippen LogP contribution in [-0.2, 0) is 19.9 Å². The summed E-state index contributed by atoms with van der Waals surface area (Å²) in [6.07, 6.45) is -0.213. The molecule has 0 aromatic heterocycles. The van der Waals surface area contributed by atoms with Crippen molar-refractivity contribution in [2.75, 3.05) is 0 Å². The zero-order valence-corrected chi connectivity index (χ0v) is 15.3. The van der Waals surface area contributed by atoms with Gasteiger partial charge in [0.2, 0.25) is 0 Å². The molecular formula is C21H22O5. The Morgan fingerprint density at radius 3 is 1.96 bits per heavy atom. The van der Waals surface area contributed by atoms with Crippen molar-refractivity contribution in [2.45, 2.75) is 39.4 Å². The number of esters is 2. The monoisotopic (exact) mass is 354 g/mol. The third-order valence-electron chi connectivity index (χ3n) is 4.46. The van der Waals surface area contributed by atoms with Gasteiger partial charge >= 0.3 is 11.9 Å². The van der Waals surface area contributed by atoms with Crippen LogP contribution in [0, 0.1) is 5.92 Å². The van der Waals surface area contributed by atoms with Gasteiger partial charge in [-0.25, -0.2) is 0 Å². The predicted molar refractivity (Wildman–Crippen MR) is 95.8 cm³/mol. The Hall–Kier alpha value is -2.66. The van der Waals surface area contributed by atoms with Crippen LogP contribution in [0.2, 0.25) is 0 Å². The lowest BCUT2D eigenvalue weighted by atomic mass is 9.83. The van der Waals surface area contributed by atoms with Crippen LogP contribution in [0.3, 0.4) is 0 Å². The Balaban J connectivity index is 2.00. The van der Waals surface area contributed by atoms with Gasteiger partial charge in [0.15, 0.2) is 0 Å². The van der Waals surface area contributed by atoms with Crippen LogP contribution in [0.5, 0.6) is 11.5 Å². The standard InChI is InChI=1S/C21H22O5/c1-13(2)21(17-8-6-5-7-9-17)20(26-21)16-10-18(24-14(3)22)12-19(11-16)25-15(4)23/h5-13,20H,1-4H3/t20-,21-/m1/s1. The Morgan fingerprint density at radius 1 is 0.962 bits per heavy atom. The van der Waals surface area contributed by atoms with Crippen LogP contribution in [0.25, 0.3) is 0 Å². The van der Waals surface area contributed by atoms with Gasteiger partial charge in [0.25, 0.3) is 0 Å². The lowest BCUT2D eigenvalue weighted by Crippen LogP contribution is -2.18. The first-order valence-electron chi connectivity index (χ1n) is 8.58. The van der Waals surface area contributed by atoms with E-state index in [1.54, 1.807) is 12.1 Å². The van der Waals surface area contributed by atoms with E-state index in [2.05, 4.69) is 13.8 Å². The summed E-state index contributed by atoms with van der Waals surface area (Å²) < 4.78 is 16.6. The summed E-state index contributed by atoms with van der Waals surface area (Å²) in [5, 5.41) is 0. The highest BCUT2D eigenvalue weighted by Crippen LogP contribution is 2.61. The van der Waals surface area contributed by atoms with Crippen LogP contribution < -0.4 is 9.47 Å². The Labute approximate surface area is 152 Å². The largest absolute Gasteiger partial charge is 0.427 e. The van der Waals surface area contributed by atoms with Gasteiger partial charge < -0.3 is 14.2 Å². The molecule has 1 saturated heterocycles. The van der Waals surface area contributed by atoms with E-state index < -0.39 is 17.5 Å². The molecule has 3 rings (SSSR count). The first-order valence-corrected chi connectivity index (χ1v) is 8.58. The highest BCUT2D eigenvalue weighted by Gasteiger charge is 2.60. The third-order valence-corrected chi connectivity index (χ3v) is 4.46. The molecule has 136 valence electrons. The fourth-order valence-electron chi connectivity index (χ4n) is 3.36. The van der Waals surface area contributed by atoms with E-state index in [0.29, 0.717) is 11.5 Å². The molecule has 0 radical (unpaired) electrons. The van der Waals surface area contributed by atoms with Gasteiger partial charge in [0.05, 0.1) is 0 Å². The molecule has 0 amide bonds. The number of epoxide rings is 1. The molecule has 0 N–H and O–H groups in total. The van der Waals surface area contributed by atoms with E-state index in [1.165, 1.54) is 19.9 Å². The fraction of sp³-hybridized carbons (Fsp3) is 0.333. The maximum Gasteiger partial charge on any atom is 0.308 e. The minimum absolute atomic E-state index is 0.213. The van der Waals surface area contributed by atoms with Gasteiger partial charge in [-0.2, -0.15) is 0 Å². The van der Waals surface area contributed by atoms with E-state index in [4.69, 9.17) is 14.2 Å².